The van der Waals surface area contributed by atoms with Gasteiger partial charge in [-0.25, -0.2) is 0 Å². The van der Waals surface area contributed by atoms with E-state index in [4.69, 9.17) is 9.84 Å². The Labute approximate surface area is 109 Å². The van der Waals surface area contributed by atoms with Crippen LogP contribution in [-0.4, -0.2) is 39.5 Å². The molecule has 1 aromatic rings. The zero-order chi connectivity index (χ0) is 13.5. The summed E-state index contributed by atoms with van der Waals surface area (Å²) in [5, 5.41) is 8.27. The topological polar surface area (TPSA) is 63.6 Å². The number of aliphatic carboxylic acids is 1. The number of ether oxygens (including phenoxy) is 1. The summed E-state index contributed by atoms with van der Waals surface area (Å²) >= 11 is 0. The number of carbonyl (C=O) groups is 1. The molecule has 0 amide bonds. The van der Waals surface area contributed by atoms with Gasteiger partial charge in [-0.1, -0.05) is 30.3 Å². The van der Waals surface area contributed by atoms with Gasteiger partial charge in [-0.05, 0) is 18.9 Å². The van der Waals surface area contributed by atoms with Crippen LogP contribution in [0.15, 0.2) is 30.3 Å². The third kappa shape index (κ3) is 4.58. The zero-order valence-corrected chi connectivity index (χ0v) is 11.4. The van der Waals surface area contributed by atoms with Crippen LogP contribution in [-0.2, 0) is 26.8 Å². The van der Waals surface area contributed by atoms with Crippen molar-refractivity contribution >= 4 is 16.8 Å². The van der Waals surface area contributed by atoms with Gasteiger partial charge in [-0.2, -0.15) is 0 Å². The van der Waals surface area contributed by atoms with E-state index < -0.39 is 22.0 Å². The Bertz CT molecular complexity index is 405. The van der Waals surface area contributed by atoms with Crippen LogP contribution < -0.4 is 0 Å². The molecule has 0 aromatic heterocycles. The fourth-order valence-corrected chi connectivity index (χ4v) is 2.97. The maximum Gasteiger partial charge on any atom is 0.319 e. The monoisotopic (exact) mass is 270 g/mol. The van der Waals surface area contributed by atoms with E-state index in [1.54, 1.807) is 6.92 Å². The normalized spacial score (nSPS) is 15.9. The predicted octanol–water partition coefficient (Wildman–Crippen LogP) is 1.47. The molecule has 5 heteroatoms. The fraction of sp³-hybridized carbons (Fsp3) is 0.462. The highest BCUT2D eigenvalue weighted by Gasteiger charge is 2.26. The summed E-state index contributed by atoms with van der Waals surface area (Å²) < 4.78 is 17.0. The molecule has 0 aliphatic rings. The minimum atomic E-state index is -1.44. The standard InChI is InChI=1S/C13H18O4S/c1-10(17-2)9-18(16)12(13(14)15)8-11-6-4-3-5-7-11/h3-7,10,12H,8-9H2,1-2H3,(H,14,15). The molecule has 0 saturated carbocycles. The van der Waals surface area contributed by atoms with Gasteiger partial charge in [0.2, 0.25) is 0 Å². The van der Waals surface area contributed by atoms with Crippen molar-refractivity contribution in [2.45, 2.75) is 24.7 Å². The van der Waals surface area contributed by atoms with E-state index >= 15 is 0 Å². The van der Waals surface area contributed by atoms with Crippen LogP contribution in [0, 0.1) is 0 Å². The number of carboxylic acids is 1. The Morgan fingerprint density at radius 1 is 1.39 bits per heavy atom. The third-order valence-electron chi connectivity index (χ3n) is 2.66. The van der Waals surface area contributed by atoms with Crippen molar-refractivity contribution < 1.29 is 18.8 Å². The lowest BCUT2D eigenvalue weighted by molar-refractivity contribution is -0.136. The van der Waals surface area contributed by atoms with Crippen molar-refractivity contribution in [3.05, 3.63) is 35.9 Å². The predicted molar refractivity (Wildman–Crippen MR) is 71.1 cm³/mol. The van der Waals surface area contributed by atoms with E-state index in [-0.39, 0.29) is 18.3 Å². The van der Waals surface area contributed by atoms with Crippen LogP contribution in [0.3, 0.4) is 0 Å². The van der Waals surface area contributed by atoms with Crippen LogP contribution in [0.25, 0.3) is 0 Å². The Kier molecular flexibility index (Phi) is 6.01. The molecule has 0 radical (unpaired) electrons. The van der Waals surface area contributed by atoms with E-state index in [1.807, 2.05) is 30.3 Å². The van der Waals surface area contributed by atoms with Crippen molar-refractivity contribution in [1.29, 1.82) is 0 Å². The first-order chi connectivity index (χ1) is 8.54. The first-order valence-corrected chi connectivity index (χ1v) is 7.09. The van der Waals surface area contributed by atoms with E-state index in [9.17, 15) is 9.00 Å². The molecule has 4 nitrogen and oxygen atoms in total. The molecule has 0 saturated heterocycles. The minimum Gasteiger partial charge on any atom is -0.480 e. The molecule has 1 aromatic carbocycles. The fourth-order valence-electron chi connectivity index (χ4n) is 1.54. The summed E-state index contributed by atoms with van der Waals surface area (Å²) in [6.45, 7) is 1.78. The number of carboxylic acid groups (broad SMARTS) is 1. The molecule has 0 aliphatic carbocycles. The van der Waals surface area contributed by atoms with Gasteiger partial charge in [-0.3, -0.25) is 9.00 Å². The van der Waals surface area contributed by atoms with E-state index in [1.165, 1.54) is 7.11 Å². The Hall–Kier alpha value is -1.20. The van der Waals surface area contributed by atoms with Gasteiger partial charge in [0.25, 0.3) is 0 Å². The molecule has 0 fully saturated rings. The molecule has 1 N–H and O–H groups in total. The molecular weight excluding hydrogens is 252 g/mol. The van der Waals surface area contributed by atoms with Gasteiger partial charge in [-0.15, -0.1) is 0 Å². The van der Waals surface area contributed by atoms with Crippen LogP contribution >= 0.6 is 0 Å². The van der Waals surface area contributed by atoms with Crippen molar-refractivity contribution in [3.8, 4) is 0 Å². The zero-order valence-electron chi connectivity index (χ0n) is 10.5. The number of methoxy groups -OCH3 is 1. The summed E-state index contributed by atoms with van der Waals surface area (Å²) in [5.74, 6) is -0.791. The second-order valence-electron chi connectivity index (χ2n) is 4.11. The highest BCUT2D eigenvalue weighted by atomic mass is 32.2. The van der Waals surface area contributed by atoms with E-state index in [2.05, 4.69) is 0 Å². The Balaban J connectivity index is 2.71. The lowest BCUT2D eigenvalue weighted by Gasteiger charge is -2.15. The average molecular weight is 270 g/mol. The number of hydrogen-bond donors (Lipinski definition) is 1. The molecule has 18 heavy (non-hydrogen) atoms. The van der Waals surface area contributed by atoms with E-state index in [0.717, 1.165) is 5.56 Å². The highest BCUT2D eigenvalue weighted by Crippen LogP contribution is 2.10. The molecule has 0 aliphatic heterocycles. The van der Waals surface area contributed by atoms with Crippen LogP contribution in [0.5, 0.6) is 0 Å². The SMILES string of the molecule is COC(C)CS(=O)C(Cc1ccccc1)C(=O)O. The number of rotatable bonds is 7. The van der Waals surface area contributed by atoms with Crippen molar-refractivity contribution in [1.82, 2.24) is 0 Å². The summed E-state index contributed by atoms with van der Waals surface area (Å²) in [5.41, 5.74) is 0.878. The number of benzene rings is 1. The minimum absolute atomic E-state index is 0.205. The summed E-state index contributed by atoms with van der Waals surface area (Å²) in [4.78, 5) is 11.2. The van der Waals surface area contributed by atoms with Gasteiger partial charge in [0.05, 0.1) is 11.9 Å². The van der Waals surface area contributed by atoms with Gasteiger partial charge < -0.3 is 9.84 Å². The highest BCUT2D eigenvalue weighted by molar-refractivity contribution is 7.86. The van der Waals surface area contributed by atoms with E-state index in [0.29, 0.717) is 0 Å². The quantitative estimate of drug-likeness (QED) is 0.815. The first kappa shape index (κ1) is 14.9. The molecule has 0 heterocycles. The van der Waals surface area contributed by atoms with Gasteiger partial charge >= 0.3 is 5.97 Å². The van der Waals surface area contributed by atoms with Crippen LogP contribution in [0.2, 0.25) is 0 Å². The van der Waals surface area contributed by atoms with Crippen molar-refractivity contribution in [3.63, 3.8) is 0 Å². The van der Waals surface area contributed by atoms with Crippen molar-refractivity contribution in [2.75, 3.05) is 12.9 Å². The molecular formula is C13H18O4S. The molecule has 0 bridgehead atoms. The molecule has 1 rings (SSSR count). The van der Waals surface area contributed by atoms with Crippen LogP contribution in [0.4, 0.5) is 0 Å². The van der Waals surface area contributed by atoms with Gasteiger partial charge in [0.15, 0.2) is 0 Å². The lowest BCUT2D eigenvalue weighted by atomic mass is 10.1. The smallest absolute Gasteiger partial charge is 0.319 e. The number of hydrogen-bond acceptors (Lipinski definition) is 3. The lowest BCUT2D eigenvalue weighted by Crippen LogP contribution is -2.32. The Morgan fingerprint density at radius 2 is 2.00 bits per heavy atom. The maximum absolute atomic E-state index is 12.0. The van der Waals surface area contributed by atoms with Gasteiger partial charge in [0.1, 0.15) is 5.25 Å². The second-order valence-corrected chi connectivity index (χ2v) is 5.77. The van der Waals surface area contributed by atoms with Crippen molar-refractivity contribution in [2.24, 2.45) is 0 Å². The average Bonchev–Trinajstić information content (AvgIpc) is 2.36. The summed E-state index contributed by atoms with van der Waals surface area (Å²) in [6.07, 6.45) is 0.0719. The molecule has 100 valence electrons. The van der Waals surface area contributed by atoms with Gasteiger partial charge in [0, 0.05) is 17.9 Å². The summed E-state index contributed by atoms with van der Waals surface area (Å²) in [7, 11) is 0.0797. The third-order valence-corrected chi connectivity index (χ3v) is 4.46. The summed E-state index contributed by atoms with van der Waals surface area (Å²) in [6, 6.07) is 9.23. The molecule has 3 unspecified atom stereocenters. The first-order valence-electron chi connectivity index (χ1n) is 5.71. The molecule has 0 spiro atoms. The van der Waals surface area contributed by atoms with Crippen LogP contribution in [0.1, 0.15) is 12.5 Å². The maximum atomic E-state index is 12.0. The Morgan fingerprint density at radius 3 is 2.50 bits per heavy atom. The molecule has 3 atom stereocenters. The largest absolute Gasteiger partial charge is 0.480 e. The second kappa shape index (κ2) is 7.28.